The van der Waals surface area contributed by atoms with E-state index in [1.54, 1.807) is 0 Å². The SMILES string of the molecule is CC(NCC(C)(C)C(N)=O)C1CC1. The van der Waals surface area contributed by atoms with Crippen LogP contribution in [0.1, 0.15) is 33.6 Å². The predicted molar refractivity (Wildman–Crippen MR) is 53.2 cm³/mol. The zero-order valence-corrected chi connectivity index (χ0v) is 8.76. The third-order valence-electron chi connectivity index (χ3n) is 2.86. The third kappa shape index (κ3) is 2.99. The molecule has 1 amide bonds. The molecule has 0 saturated heterocycles. The molecule has 3 heteroatoms. The lowest BCUT2D eigenvalue weighted by atomic mass is 9.92. The number of nitrogens with one attached hydrogen (secondary N) is 1. The summed E-state index contributed by atoms with van der Waals surface area (Å²) in [5.74, 6) is 0.590. The van der Waals surface area contributed by atoms with Crippen molar-refractivity contribution in [3.8, 4) is 0 Å². The van der Waals surface area contributed by atoms with Crippen LogP contribution in [0.15, 0.2) is 0 Å². The second-order valence-corrected chi connectivity index (χ2v) is 4.76. The molecule has 76 valence electrons. The molecule has 0 aromatic heterocycles. The molecule has 1 unspecified atom stereocenters. The van der Waals surface area contributed by atoms with Gasteiger partial charge in [-0.2, -0.15) is 0 Å². The molecule has 1 aliphatic rings. The summed E-state index contributed by atoms with van der Waals surface area (Å²) in [5.41, 5.74) is 4.84. The molecule has 0 aromatic rings. The Labute approximate surface area is 80.1 Å². The van der Waals surface area contributed by atoms with Gasteiger partial charge >= 0.3 is 0 Å². The topological polar surface area (TPSA) is 55.1 Å². The van der Waals surface area contributed by atoms with Gasteiger partial charge in [0.25, 0.3) is 0 Å². The van der Waals surface area contributed by atoms with E-state index in [1.807, 2.05) is 13.8 Å². The maximum atomic E-state index is 11.0. The van der Waals surface area contributed by atoms with Crippen molar-refractivity contribution < 1.29 is 4.79 Å². The highest BCUT2D eigenvalue weighted by atomic mass is 16.1. The molecule has 1 rings (SSSR count). The third-order valence-corrected chi connectivity index (χ3v) is 2.86. The number of hydrogen-bond acceptors (Lipinski definition) is 2. The molecule has 0 aromatic carbocycles. The van der Waals surface area contributed by atoms with Crippen molar-refractivity contribution in [3.63, 3.8) is 0 Å². The Hall–Kier alpha value is -0.570. The largest absolute Gasteiger partial charge is 0.369 e. The summed E-state index contributed by atoms with van der Waals surface area (Å²) in [6, 6.07) is 0.527. The Balaban J connectivity index is 2.27. The predicted octanol–water partition coefficient (Wildman–Crippen LogP) is 0.886. The van der Waals surface area contributed by atoms with Crippen LogP contribution in [0, 0.1) is 11.3 Å². The summed E-state index contributed by atoms with van der Waals surface area (Å²) in [5, 5.41) is 3.37. The van der Waals surface area contributed by atoms with Gasteiger partial charge in [-0.05, 0) is 39.5 Å². The summed E-state index contributed by atoms with van der Waals surface area (Å²) in [7, 11) is 0. The monoisotopic (exact) mass is 184 g/mol. The van der Waals surface area contributed by atoms with Crippen LogP contribution in [0.5, 0.6) is 0 Å². The average Bonchev–Trinajstić information content (AvgIpc) is 2.82. The number of carbonyl (C=O) groups is 1. The number of primary amides is 1. The first kappa shape index (κ1) is 10.5. The van der Waals surface area contributed by atoms with Gasteiger partial charge in [-0.25, -0.2) is 0 Å². The van der Waals surface area contributed by atoms with Gasteiger partial charge in [0.05, 0.1) is 5.41 Å². The highest BCUT2D eigenvalue weighted by molar-refractivity contribution is 5.80. The van der Waals surface area contributed by atoms with E-state index >= 15 is 0 Å². The highest BCUT2D eigenvalue weighted by Gasteiger charge is 2.30. The lowest BCUT2D eigenvalue weighted by Gasteiger charge is -2.23. The van der Waals surface area contributed by atoms with Crippen molar-refractivity contribution in [2.24, 2.45) is 17.1 Å². The van der Waals surface area contributed by atoms with E-state index in [-0.39, 0.29) is 5.91 Å². The minimum absolute atomic E-state index is 0.233. The summed E-state index contributed by atoms with van der Waals surface area (Å²) < 4.78 is 0. The fourth-order valence-corrected chi connectivity index (χ4v) is 1.27. The van der Waals surface area contributed by atoms with Gasteiger partial charge in [-0.15, -0.1) is 0 Å². The van der Waals surface area contributed by atoms with Gasteiger partial charge in [-0.3, -0.25) is 4.79 Å². The van der Waals surface area contributed by atoms with Gasteiger partial charge in [0, 0.05) is 12.6 Å². The number of rotatable bonds is 5. The van der Waals surface area contributed by atoms with Crippen molar-refractivity contribution in [2.75, 3.05) is 6.54 Å². The Morgan fingerprint density at radius 3 is 2.54 bits per heavy atom. The van der Waals surface area contributed by atoms with Crippen LogP contribution < -0.4 is 11.1 Å². The molecular weight excluding hydrogens is 164 g/mol. The van der Waals surface area contributed by atoms with E-state index in [4.69, 9.17) is 5.73 Å². The van der Waals surface area contributed by atoms with E-state index in [2.05, 4.69) is 12.2 Å². The molecular formula is C10H20N2O. The van der Waals surface area contributed by atoms with Crippen LogP contribution in [-0.2, 0) is 4.79 Å². The molecule has 0 heterocycles. The smallest absolute Gasteiger partial charge is 0.224 e. The molecule has 1 fully saturated rings. The van der Waals surface area contributed by atoms with Crippen LogP contribution in [0.25, 0.3) is 0 Å². The maximum absolute atomic E-state index is 11.0. The van der Waals surface area contributed by atoms with E-state index in [1.165, 1.54) is 12.8 Å². The summed E-state index contributed by atoms with van der Waals surface area (Å²) in [6.07, 6.45) is 2.65. The summed E-state index contributed by atoms with van der Waals surface area (Å²) in [6.45, 7) is 6.61. The highest BCUT2D eigenvalue weighted by Crippen LogP contribution is 2.32. The Bertz CT molecular complexity index is 197. The molecule has 0 radical (unpaired) electrons. The van der Waals surface area contributed by atoms with Crippen LogP contribution in [0.3, 0.4) is 0 Å². The Morgan fingerprint density at radius 1 is 1.62 bits per heavy atom. The summed E-state index contributed by atoms with van der Waals surface area (Å²) >= 11 is 0. The molecule has 0 bridgehead atoms. The first-order valence-corrected chi connectivity index (χ1v) is 4.97. The van der Waals surface area contributed by atoms with E-state index in [0.717, 1.165) is 5.92 Å². The number of carbonyl (C=O) groups excluding carboxylic acids is 1. The molecule has 1 saturated carbocycles. The second kappa shape index (κ2) is 3.66. The lowest BCUT2D eigenvalue weighted by molar-refractivity contribution is -0.125. The average molecular weight is 184 g/mol. The number of nitrogens with two attached hydrogens (primary N) is 1. The van der Waals surface area contributed by atoms with Gasteiger partial charge in [-0.1, -0.05) is 0 Å². The minimum Gasteiger partial charge on any atom is -0.369 e. The minimum atomic E-state index is -0.427. The fraction of sp³-hybridized carbons (Fsp3) is 0.900. The fourth-order valence-electron chi connectivity index (χ4n) is 1.27. The molecule has 1 aliphatic carbocycles. The van der Waals surface area contributed by atoms with Crippen molar-refractivity contribution in [1.82, 2.24) is 5.32 Å². The number of amides is 1. The van der Waals surface area contributed by atoms with Crippen LogP contribution in [0.2, 0.25) is 0 Å². The lowest BCUT2D eigenvalue weighted by Crippen LogP contribution is -2.43. The standard InChI is InChI=1S/C10H20N2O/c1-7(8-4-5-8)12-6-10(2,3)9(11)13/h7-8,12H,4-6H2,1-3H3,(H2,11,13). The van der Waals surface area contributed by atoms with Crippen molar-refractivity contribution in [2.45, 2.75) is 39.7 Å². The van der Waals surface area contributed by atoms with E-state index in [0.29, 0.717) is 12.6 Å². The molecule has 0 aliphatic heterocycles. The quantitative estimate of drug-likeness (QED) is 0.666. The Kier molecular flexibility index (Phi) is 2.96. The molecule has 3 nitrogen and oxygen atoms in total. The zero-order chi connectivity index (χ0) is 10.1. The van der Waals surface area contributed by atoms with Crippen LogP contribution in [-0.4, -0.2) is 18.5 Å². The van der Waals surface area contributed by atoms with Crippen molar-refractivity contribution in [3.05, 3.63) is 0 Å². The first-order chi connectivity index (χ1) is 5.93. The molecule has 3 N–H and O–H groups in total. The maximum Gasteiger partial charge on any atom is 0.224 e. The van der Waals surface area contributed by atoms with E-state index in [9.17, 15) is 4.79 Å². The van der Waals surface area contributed by atoms with Gasteiger partial charge in [0.1, 0.15) is 0 Å². The van der Waals surface area contributed by atoms with Crippen molar-refractivity contribution >= 4 is 5.91 Å². The van der Waals surface area contributed by atoms with Crippen molar-refractivity contribution in [1.29, 1.82) is 0 Å². The first-order valence-electron chi connectivity index (χ1n) is 4.97. The number of hydrogen-bond donors (Lipinski definition) is 2. The Morgan fingerprint density at radius 2 is 2.15 bits per heavy atom. The molecule has 1 atom stereocenters. The zero-order valence-electron chi connectivity index (χ0n) is 8.76. The normalized spacial score (nSPS) is 19.9. The second-order valence-electron chi connectivity index (χ2n) is 4.76. The van der Waals surface area contributed by atoms with Gasteiger partial charge in [0.15, 0.2) is 0 Å². The van der Waals surface area contributed by atoms with E-state index < -0.39 is 5.41 Å². The van der Waals surface area contributed by atoms with Gasteiger partial charge in [0.2, 0.25) is 5.91 Å². The van der Waals surface area contributed by atoms with Crippen LogP contribution >= 0.6 is 0 Å². The molecule has 13 heavy (non-hydrogen) atoms. The summed E-state index contributed by atoms with van der Waals surface area (Å²) in [4.78, 5) is 11.0. The van der Waals surface area contributed by atoms with Crippen LogP contribution in [0.4, 0.5) is 0 Å². The van der Waals surface area contributed by atoms with Gasteiger partial charge < -0.3 is 11.1 Å². The molecule has 0 spiro atoms.